The Morgan fingerprint density at radius 2 is 1.75 bits per heavy atom. The zero-order chi connectivity index (χ0) is 27.5. The quantitative estimate of drug-likeness (QED) is 0.353. The number of amides is 4. The number of likely N-dealkylation sites (N-methyl/N-ethyl adjacent to an activating group) is 1. The summed E-state index contributed by atoms with van der Waals surface area (Å²) in [6, 6.07) is 3.66. The van der Waals surface area contributed by atoms with Crippen LogP contribution in [-0.4, -0.2) is 53.4 Å². The average molecular weight is 505 g/mol. The first-order chi connectivity index (χ1) is 16.8. The number of nitrogens with one attached hydrogen (secondary N) is 2. The summed E-state index contributed by atoms with van der Waals surface area (Å²) in [6.45, 7) is 13.6. The highest BCUT2D eigenvalue weighted by molar-refractivity contribution is 5.92. The number of carbonyl (C=O) groups excluding carboxylic acids is 4. The van der Waals surface area contributed by atoms with Crippen LogP contribution in [0.1, 0.15) is 89.5 Å². The van der Waals surface area contributed by atoms with E-state index in [0.717, 1.165) is 30.4 Å². The van der Waals surface area contributed by atoms with Crippen LogP contribution in [0, 0.1) is 13.8 Å². The lowest BCUT2D eigenvalue weighted by molar-refractivity contribution is -0.142. The van der Waals surface area contributed by atoms with Gasteiger partial charge in [0.15, 0.2) is 0 Å². The zero-order valence-corrected chi connectivity index (χ0v) is 22.9. The average Bonchev–Trinajstić information content (AvgIpc) is 2.78. The Kier molecular flexibility index (Phi) is 12.4. The predicted octanol–water partition coefficient (Wildman–Crippen LogP) is 3.66. The van der Waals surface area contributed by atoms with Gasteiger partial charge in [0.1, 0.15) is 17.7 Å². The Morgan fingerprint density at radius 1 is 1.08 bits per heavy atom. The minimum atomic E-state index is -1.09. The molecule has 0 heterocycles. The van der Waals surface area contributed by atoms with Crippen LogP contribution in [0.4, 0.5) is 4.79 Å². The van der Waals surface area contributed by atoms with Crippen LogP contribution in [0.15, 0.2) is 18.2 Å². The van der Waals surface area contributed by atoms with E-state index in [1.807, 2.05) is 32.0 Å². The van der Waals surface area contributed by atoms with Crippen molar-refractivity contribution in [2.45, 2.75) is 98.3 Å². The molecule has 9 nitrogen and oxygen atoms in total. The van der Waals surface area contributed by atoms with Crippen molar-refractivity contribution >= 4 is 23.8 Å². The number of ether oxygens (including phenoxy) is 1. The summed E-state index contributed by atoms with van der Waals surface area (Å²) >= 11 is 0. The fourth-order valence-corrected chi connectivity index (χ4v) is 3.86. The molecule has 0 saturated carbocycles. The van der Waals surface area contributed by atoms with Crippen molar-refractivity contribution in [2.75, 3.05) is 13.1 Å². The third kappa shape index (κ3) is 9.87. The number of benzene rings is 1. The number of aryl methyl sites for hydroxylation is 1. The number of hydrogen-bond acceptors (Lipinski definition) is 5. The van der Waals surface area contributed by atoms with Crippen LogP contribution in [0.3, 0.4) is 0 Å². The molecule has 2 atom stereocenters. The summed E-state index contributed by atoms with van der Waals surface area (Å²) in [5.41, 5.74) is 7.17. The highest BCUT2D eigenvalue weighted by Gasteiger charge is 2.36. The first-order valence-corrected chi connectivity index (χ1v) is 12.7. The van der Waals surface area contributed by atoms with E-state index in [9.17, 15) is 19.2 Å². The monoisotopic (exact) mass is 504 g/mol. The Balaban J connectivity index is 3.38. The van der Waals surface area contributed by atoms with E-state index in [1.54, 1.807) is 27.7 Å². The molecule has 4 amide bonds. The first kappa shape index (κ1) is 30.9. The number of carbonyl (C=O) groups is 4. The smallest absolute Gasteiger partial charge is 0.408 e. The van der Waals surface area contributed by atoms with Crippen LogP contribution in [0.5, 0.6) is 0 Å². The van der Waals surface area contributed by atoms with Crippen LogP contribution in [0.25, 0.3) is 0 Å². The van der Waals surface area contributed by atoms with Gasteiger partial charge in [-0.2, -0.15) is 0 Å². The largest absolute Gasteiger partial charge is 0.444 e. The van der Waals surface area contributed by atoms with Gasteiger partial charge in [0, 0.05) is 19.5 Å². The van der Waals surface area contributed by atoms with E-state index in [1.165, 1.54) is 4.90 Å². The van der Waals surface area contributed by atoms with Crippen molar-refractivity contribution in [1.82, 2.24) is 15.5 Å². The summed E-state index contributed by atoms with van der Waals surface area (Å²) in [7, 11) is 0. The Bertz CT molecular complexity index is 910. The van der Waals surface area contributed by atoms with Crippen LogP contribution in [-0.2, 0) is 19.1 Å². The van der Waals surface area contributed by atoms with E-state index in [0.29, 0.717) is 12.1 Å². The highest BCUT2D eigenvalue weighted by Crippen LogP contribution is 2.27. The lowest BCUT2D eigenvalue weighted by atomic mass is 9.94. The molecule has 0 aliphatic carbocycles. The summed E-state index contributed by atoms with van der Waals surface area (Å²) in [4.78, 5) is 52.7. The molecule has 0 radical (unpaired) electrons. The van der Waals surface area contributed by atoms with Crippen molar-refractivity contribution in [3.63, 3.8) is 0 Å². The number of nitrogens with two attached hydrogens (primary N) is 1. The van der Waals surface area contributed by atoms with Crippen LogP contribution >= 0.6 is 0 Å². The first-order valence-electron chi connectivity index (χ1n) is 12.7. The summed E-state index contributed by atoms with van der Waals surface area (Å²) in [5, 5.41) is 5.56. The maximum absolute atomic E-state index is 13.8. The van der Waals surface area contributed by atoms with Crippen LogP contribution < -0.4 is 16.4 Å². The maximum atomic E-state index is 13.8. The van der Waals surface area contributed by atoms with Gasteiger partial charge < -0.3 is 26.0 Å². The van der Waals surface area contributed by atoms with Crippen molar-refractivity contribution in [3.05, 3.63) is 34.9 Å². The third-order valence-electron chi connectivity index (χ3n) is 5.87. The second-order valence-electron chi connectivity index (χ2n) is 10.0. The van der Waals surface area contributed by atoms with Gasteiger partial charge in [-0.3, -0.25) is 14.4 Å². The number of nitrogens with zero attached hydrogens (tertiary/aromatic N) is 1. The van der Waals surface area contributed by atoms with Crippen LogP contribution in [0.2, 0.25) is 0 Å². The molecule has 1 aromatic carbocycles. The lowest BCUT2D eigenvalue weighted by Crippen LogP contribution is -2.53. The molecule has 2 unspecified atom stereocenters. The molecule has 1 rings (SSSR count). The normalized spacial score (nSPS) is 12.9. The van der Waals surface area contributed by atoms with E-state index < -0.39 is 35.6 Å². The lowest BCUT2D eigenvalue weighted by Gasteiger charge is -2.34. The summed E-state index contributed by atoms with van der Waals surface area (Å²) in [5.74, 6) is -1.37. The van der Waals surface area contributed by atoms with Gasteiger partial charge in [0.2, 0.25) is 17.7 Å². The molecule has 4 N–H and O–H groups in total. The van der Waals surface area contributed by atoms with Crippen molar-refractivity contribution in [1.29, 1.82) is 0 Å². The number of alkyl carbamates (subject to hydrolysis) is 1. The molecule has 0 aromatic heterocycles. The molecule has 0 aliphatic rings. The molecule has 9 heteroatoms. The van der Waals surface area contributed by atoms with E-state index in [-0.39, 0.29) is 25.3 Å². The Hall–Kier alpha value is -3.10. The third-order valence-corrected chi connectivity index (χ3v) is 5.87. The standard InChI is InChI=1S/C27H44N4O5/c1-8-10-11-17-29-24(33)23(20-14-12-13-18(3)19(20)4)31(9-2)25(34)21(15-16-22(28)32)30-26(35)36-27(5,6)7/h12-14,21,23H,8-11,15-17H2,1-7H3,(H2,28,32)(H,29,33)(H,30,35). The van der Waals surface area contributed by atoms with Gasteiger partial charge >= 0.3 is 6.09 Å². The molecule has 1 aromatic rings. The molecule has 36 heavy (non-hydrogen) atoms. The number of hydrogen-bond donors (Lipinski definition) is 3. The molecule has 0 aliphatic heterocycles. The molecule has 0 saturated heterocycles. The molecule has 0 spiro atoms. The molecular formula is C27H44N4O5. The van der Waals surface area contributed by atoms with E-state index >= 15 is 0 Å². The number of unbranched alkanes of at least 4 members (excludes halogenated alkanes) is 2. The Labute approximate surface area is 215 Å². The molecular weight excluding hydrogens is 460 g/mol. The number of rotatable bonds is 13. The van der Waals surface area contributed by atoms with Gasteiger partial charge in [0.05, 0.1) is 0 Å². The topological polar surface area (TPSA) is 131 Å². The van der Waals surface area contributed by atoms with Gasteiger partial charge in [-0.05, 0) is 71.1 Å². The molecule has 0 fully saturated rings. The molecule has 202 valence electrons. The second-order valence-corrected chi connectivity index (χ2v) is 10.0. The maximum Gasteiger partial charge on any atom is 0.408 e. The zero-order valence-electron chi connectivity index (χ0n) is 22.9. The second kappa shape index (κ2) is 14.5. The van der Waals surface area contributed by atoms with Crippen molar-refractivity contribution in [2.24, 2.45) is 5.73 Å². The minimum absolute atomic E-state index is 0.0124. The van der Waals surface area contributed by atoms with Gasteiger partial charge in [-0.15, -0.1) is 0 Å². The highest BCUT2D eigenvalue weighted by atomic mass is 16.6. The number of primary amides is 1. The van der Waals surface area contributed by atoms with E-state index in [2.05, 4.69) is 17.6 Å². The van der Waals surface area contributed by atoms with Gasteiger partial charge in [-0.25, -0.2) is 4.79 Å². The predicted molar refractivity (Wildman–Crippen MR) is 140 cm³/mol. The van der Waals surface area contributed by atoms with Gasteiger partial charge in [-0.1, -0.05) is 38.0 Å². The molecule has 0 bridgehead atoms. The fraction of sp³-hybridized carbons (Fsp3) is 0.630. The fourth-order valence-electron chi connectivity index (χ4n) is 3.86. The summed E-state index contributed by atoms with van der Waals surface area (Å²) in [6.07, 6.45) is 1.94. The Morgan fingerprint density at radius 3 is 2.31 bits per heavy atom. The minimum Gasteiger partial charge on any atom is -0.444 e. The SMILES string of the molecule is CCCCCNC(=O)C(c1cccc(C)c1C)N(CC)C(=O)C(CCC(N)=O)NC(=O)OC(C)(C)C. The van der Waals surface area contributed by atoms with E-state index in [4.69, 9.17) is 10.5 Å². The summed E-state index contributed by atoms with van der Waals surface area (Å²) < 4.78 is 5.33. The van der Waals surface area contributed by atoms with Crippen molar-refractivity contribution < 1.29 is 23.9 Å². The van der Waals surface area contributed by atoms with Crippen molar-refractivity contribution in [3.8, 4) is 0 Å². The van der Waals surface area contributed by atoms with Gasteiger partial charge in [0.25, 0.3) is 0 Å².